The summed E-state index contributed by atoms with van der Waals surface area (Å²) in [5, 5.41) is 42.5. The Morgan fingerprint density at radius 2 is 1.97 bits per heavy atom. The number of rotatable bonds is 10. The monoisotopic (exact) mass is 538 g/mol. The van der Waals surface area contributed by atoms with Gasteiger partial charge in [0, 0.05) is 24.1 Å². The first-order chi connectivity index (χ1) is 17.4. The summed E-state index contributed by atoms with van der Waals surface area (Å²) in [5.74, 6) is -0.472. The van der Waals surface area contributed by atoms with Gasteiger partial charge in [-0.25, -0.2) is 23.4 Å². The Morgan fingerprint density at radius 3 is 2.70 bits per heavy atom. The highest BCUT2D eigenvalue weighted by Crippen LogP contribution is 2.44. The first kappa shape index (κ1) is 27.6. The van der Waals surface area contributed by atoms with Crippen molar-refractivity contribution in [2.24, 2.45) is 0 Å². The van der Waals surface area contributed by atoms with Crippen LogP contribution in [0.5, 0.6) is 0 Å². The fraction of sp³-hybridized carbons (Fsp3) is 0.583. The van der Waals surface area contributed by atoms with Crippen molar-refractivity contribution in [3.63, 3.8) is 0 Å². The maximum atomic E-state index is 13.7. The van der Waals surface area contributed by atoms with Crippen LogP contribution in [0.1, 0.15) is 51.1 Å². The standard InChI is InChI=1S/C23H28F2N6O4S.CH4/c1-2-7-36-23-27-21(26-15-9-12(15)11-3-4-13(24)14(25)8-11)18-22(28-23)31(30-29-18)16-10-17(35-6-5-32)20(34)19(16)33;/h3-4,8,12,15-17,19-20,32-34H,2,5-7,9-10H2,1H3,(H,26,27,28);1H4/t12-,15+,16+,17-,19-,20+;/m0./s1. The van der Waals surface area contributed by atoms with Crippen molar-refractivity contribution >= 4 is 28.7 Å². The first-order valence-electron chi connectivity index (χ1n) is 12.0. The van der Waals surface area contributed by atoms with Crippen LogP contribution in [0.2, 0.25) is 0 Å². The third kappa shape index (κ3) is 5.55. The summed E-state index contributed by atoms with van der Waals surface area (Å²) in [6.07, 6.45) is -1.04. The summed E-state index contributed by atoms with van der Waals surface area (Å²) in [5.41, 5.74) is 1.53. The lowest BCUT2D eigenvalue weighted by molar-refractivity contribution is -0.0629. The summed E-state index contributed by atoms with van der Waals surface area (Å²) < 4.78 is 34.0. The van der Waals surface area contributed by atoms with Crippen LogP contribution in [-0.2, 0) is 4.74 Å². The topological polar surface area (TPSA) is 138 Å². The van der Waals surface area contributed by atoms with E-state index in [4.69, 9.17) is 9.84 Å². The van der Waals surface area contributed by atoms with Crippen LogP contribution >= 0.6 is 11.8 Å². The molecule has 0 saturated heterocycles. The van der Waals surface area contributed by atoms with E-state index in [-0.39, 0.29) is 39.0 Å². The van der Waals surface area contributed by atoms with Gasteiger partial charge >= 0.3 is 0 Å². The van der Waals surface area contributed by atoms with Crippen molar-refractivity contribution in [1.29, 1.82) is 0 Å². The fourth-order valence-electron chi connectivity index (χ4n) is 4.61. The number of anilines is 1. The molecule has 10 nitrogen and oxygen atoms in total. The van der Waals surface area contributed by atoms with Gasteiger partial charge in [-0.1, -0.05) is 37.4 Å². The number of aliphatic hydroxyl groups excluding tert-OH is 3. The van der Waals surface area contributed by atoms with Crippen molar-refractivity contribution < 1.29 is 28.8 Å². The zero-order chi connectivity index (χ0) is 25.4. The Bertz CT molecular complexity index is 1230. The molecular weight excluding hydrogens is 506 g/mol. The number of halogens is 2. The van der Waals surface area contributed by atoms with E-state index >= 15 is 0 Å². The number of ether oxygens (including phenoxy) is 1. The second-order valence-corrected chi connectivity index (χ2v) is 10.2. The molecule has 2 saturated carbocycles. The number of thioether (sulfide) groups is 1. The van der Waals surface area contributed by atoms with Crippen LogP contribution in [0.25, 0.3) is 11.2 Å². The van der Waals surface area contributed by atoms with Crippen LogP contribution in [0.3, 0.4) is 0 Å². The number of nitrogens with one attached hydrogen (secondary N) is 1. The Hall–Kier alpha value is -2.45. The normalized spacial score (nSPS) is 26.9. The van der Waals surface area contributed by atoms with E-state index in [0.717, 1.165) is 24.7 Å². The number of fused-ring (bicyclic) bond motifs is 1. The van der Waals surface area contributed by atoms with Crippen molar-refractivity contribution in [3.05, 3.63) is 35.4 Å². The minimum Gasteiger partial charge on any atom is -0.394 e. The molecule has 13 heteroatoms. The van der Waals surface area contributed by atoms with Gasteiger partial charge in [-0.3, -0.25) is 0 Å². The van der Waals surface area contributed by atoms with Crippen LogP contribution < -0.4 is 5.32 Å². The molecule has 2 aliphatic carbocycles. The molecule has 202 valence electrons. The molecule has 2 aliphatic rings. The predicted molar refractivity (Wildman–Crippen MR) is 134 cm³/mol. The van der Waals surface area contributed by atoms with E-state index in [9.17, 15) is 19.0 Å². The lowest BCUT2D eigenvalue weighted by Crippen LogP contribution is -2.33. The molecule has 0 unspecified atom stereocenters. The highest BCUT2D eigenvalue weighted by Gasteiger charge is 2.45. The van der Waals surface area contributed by atoms with Gasteiger partial charge in [0.15, 0.2) is 33.8 Å². The van der Waals surface area contributed by atoms with Gasteiger partial charge in [0.2, 0.25) is 0 Å². The molecule has 2 aromatic heterocycles. The molecule has 2 fully saturated rings. The molecule has 4 N–H and O–H groups in total. The average molecular weight is 539 g/mol. The highest BCUT2D eigenvalue weighted by molar-refractivity contribution is 7.99. The van der Waals surface area contributed by atoms with Crippen molar-refractivity contribution in [2.45, 2.75) is 75.1 Å². The first-order valence-corrected chi connectivity index (χ1v) is 13.0. The number of benzene rings is 1. The maximum Gasteiger partial charge on any atom is 0.191 e. The quantitative estimate of drug-likeness (QED) is 0.225. The lowest BCUT2D eigenvalue weighted by Gasteiger charge is -2.17. The van der Waals surface area contributed by atoms with Crippen molar-refractivity contribution in [1.82, 2.24) is 25.0 Å². The second kappa shape index (κ2) is 11.5. The number of aromatic nitrogens is 5. The smallest absolute Gasteiger partial charge is 0.191 e. The van der Waals surface area contributed by atoms with Crippen LogP contribution in [0, 0.1) is 11.6 Å². The van der Waals surface area contributed by atoms with Gasteiger partial charge in [-0.2, -0.15) is 0 Å². The lowest BCUT2D eigenvalue weighted by atomic mass is 10.1. The van der Waals surface area contributed by atoms with E-state index in [2.05, 4.69) is 32.5 Å². The third-order valence-corrected chi connectivity index (χ3v) is 7.61. The van der Waals surface area contributed by atoms with Crippen LogP contribution in [0.15, 0.2) is 23.4 Å². The second-order valence-electron chi connectivity index (χ2n) is 9.09. The molecule has 37 heavy (non-hydrogen) atoms. The Morgan fingerprint density at radius 1 is 1.16 bits per heavy atom. The summed E-state index contributed by atoms with van der Waals surface area (Å²) in [6.45, 7) is 1.91. The zero-order valence-electron chi connectivity index (χ0n) is 19.6. The summed E-state index contributed by atoms with van der Waals surface area (Å²) in [6, 6.07) is 3.26. The predicted octanol–water partition coefficient (Wildman–Crippen LogP) is 2.65. The van der Waals surface area contributed by atoms with Gasteiger partial charge in [0.05, 0.1) is 25.4 Å². The van der Waals surface area contributed by atoms with Gasteiger partial charge in [0.1, 0.15) is 12.2 Å². The molecule has 6 atom stereocenters. The Labute approximate surface area is 217 Å². The SMILES string of the molecule is C.CCCSc1nc(N[C@@H]2C[C@H]2c2ccc(F)c(F)c2)c2nnn([C@@H]3C[C@H](OCCO)[C@@H](O)[C@H]3O)c2n1. The van der Waals surface area contributed by atoms with Crippen LogP contribution in [-0.4, -0.2) is 83.6 Å². The number of hydrogen-bond acceptors (Lipinski definition) is 10. The molecule has 2 heterocycles. The molecule has 0 radical (unpaired) electrons. The van der Waals surface area contributed by atoms with E-state index < -0.39 is 36.0 Å². The molecule has 5 rings (SSSR count). The van der Waals surface area contributed by atoms with Gasteiger partial charge in [-0.15, -0.1) is 5.10 Å². The van der Waals surface area contributed by atoms with Gasteiger partial charge < -0.3 is 25.4 Å². The molecule has 0 bridgehead atoms. The summed E-state index contributed by atoms with van der Waals surface area (Å²) >= 11 is 1.48. The Balaban J connectivity index is 0.00000320. The molecule has 0 amide bonds. The van der Waals surface area contributed by atoms with Gasteiger partial charge in [0.25, 0.3) is 0 Å². The van der Waals surface area contributed by atoms with E-state index in [1.165, 1.54) is 22.5 Å². The largest absolute Gasteiger partial charge is 0.394 e. The minimum atomic E-state index is -1.15. The van der Waals surface area contributed by atoms with E-state index in [0.29, 0.717) is 27.7 Å². The zero-order valence-corrected chi connectivity index (χ0v) is 20.4. The molecule has 1 aromatic carbocycles. The highest BCUT2D eigenvalue weighted by atomic mass is 32.2. The van der Waals surface area contributed by atoms with E-state index in [1.807, 2.05) is 0 Å². The van der Waals surface area contributed by atoms with Crippen molar-refractivity contribution in [3.8, 4) is 0 Å². The molecule has 3 aromatic rings. The number of aliphatic hydroxyl groups is 3. The fourth-order valence-corrected chi connectivity index (χ4v) is 5.31. The molecular formula is C24H32F2N6O4S. The summed E-state index contributed by atoms with van der Waals surface area (Å²) in [4.78, 5) is 9.27. The molecule has 0 spiro atoms. The van der Waals surface area contributed by atoms with Gasteiger partial charge in [-0.05, 0) is 30.5 Å². The average Bonchev–Trinajstić information content (AvgIpc) is 3.41. The Kier molecular flexibility index (Phi) is 8.59. The molecule has 0 aliphatic heterocycles. The summed E-state index contributed by atoms with van der Waals surface area (Å²) in [7, 11) is 0. The van der Waals surface area contributed by atoms with Crippen molar-refractivity contribution in [2.75, 3.05) is 24.3 Å². The maximum absolute atomic E-state index is 13.7. The number of hydrogen-bond donors (Lipinski definition) is 4. The van der Waals surface area contributed by atoms with Crippen LogP contribution in [0.4, 0.5) is 14.6 Å². The third-order valence-electron chi connectivity index (χ3n) is 6.56. The van der Waals surface area contributed by atoms with E-state index in [1.54, 1.807) is 6.07 Å². The minimum absolute atomic E-state index is 0. The number of nitrogens with zero attached hydrogens (tertiary/aromatic N) is 5.